The summed E-state index contributed by atoms with van der Waals surface area (Å²) in [6.45, 7) is 0. The van der Waals surface area contributed by atoms with E-state index < -0.39 is 5.41 Å². The Balaban J connectivity index is 0.000000174. The van der Waals surface area contributed by atoms with Crippen LogP contribution >= 0.6 is 47.8 Å². The van der Waals surface area contributed by atoms with Crippen LogP contribution in [0.3, 0.4) is 0 Å². The van der Waals surface area contributed by atoms with Crippen molar-refractivity contribution in [3.05, 3.63) is 85.5 Å². The third-order valence-electron chi connectivity index (χ3n) is 7.58. The second kappa shape index (κ2) is 16.1. The second-order valence-electron chi connectivity index (χ2n) is 10.3. The van der Waals surface area contributed by atoms with Gasteiger partial charge in [-0.15, -0.1) is 0 Å². The minimum atomic E-state index is -0.529. The molecular formula is C31H33Br3N6O. The quantitative estimate of drug-likeness (QED) is 0.288. The van der Waals surface area contributed by atoms with E-state index in [0.29, 0.717) is 6.42 Å². The maximum atomic E-state index is 11.7. The van der Waals surface area contributed by atoms with Gasteiger partial charge < -0.3 is 5.73 Å². The van der Waals surface area contributed by atoms with Crippen molar-refractivity contribution in [2.24, 2.45) is 5.73 Å². The van der Waals surface area contributed by atoms with E-state index in [1.807, 2.05) is 42.5 Å². The minimum absolute atomic E-state index is 0.234. The number of amides is 1. The lowest BCUT2D eigenvalue weighted by Gasteiger charge is -2.33. The average molecular weight is 745 g/mol. The van der Waals surface area contributed by atoms with Gasteiger partial charge in [0, 0.05) is 32.0 Å². The third-order valence-corrected chi connectivity index (χ3v) is 8.99. The van der Waals surface area contributed by atoms with E-state index in [0.717, 1.165) is 81.9 Å². The third kappa shape index (κ3) is 9.16. The molecule has 2 saturated carbocycles. The molecule has 0 atom stereocenters. The smallest absolute Gasteiger partial charge is 0.229 e. The van der Waals surface area contributed by atoms with Gasteiger partial charge >= 0.3 is 0 Å². The molecule has 0 aromatic carbocycles. The molecule has 7 nitrogen and oxygen atoms in total. The summed E-state index contributed by atoms with van der Waals surface area (Å²) in [5, 5.41) is 17.6. The molecule has 2 N–H and O–H groups in total. The maximum absolute atomic E-state index is 11.7. The van der Waals surface area contributed by atoms with E-state index in [2.05, 4.69) is 68.8 Å². The molecule has 3 heterocycles. The average Bonchev–Trinajstić information content (AvgIpc) is 3.00. The molecular weight excluding hydrogens is 712 g/mol. The van der Waals surface area contributed by atoms with Crippen LogP contribution in [0.5, 0.6) is 0 Å². The molecule has 0 saturated heterocycles. The van der Waals surface area contributed by atoms with Gasteiger partial charge in [0.2, 0.25) is 5.91 Å². The van der Waals surface area contributed by atoms with Crippen LogP contribution in [-0.2, 0) is 22.0 Å². The van der Waals surface area contributed by atoms with Gasteiger partial charge in [0.25, 0.3) is 0 Å². The van der Waals surface area contributed by atoms with Crippen LogP contribution in [0.15, 0.2) is 68.4 Å². The number of nitrogens with zero attached hydrogens (tertiary/aromatic N) is 5. The first-order chi connectivity index (χ1) is 19.7. The number of rotatable bonds is 4. The number of halogens is 3. The highest BCUT2D eigenvalue weighted by atomic mass is 79.9. The first kappa shape index (κ1) is 32.8. The van der Waals surface area contributed by atoms with Crippen molar-refractivity contribution in [3.63, 3.8) is 0 Å². The molecule has 3 aromatic heterocycles. The zero-order chi connectivity index (χ0) is 29.7. The Kier molecular flexibility index (Phi) is 12.9. The summed E-state index contributed by atoms with van der Waals surface area (Å²) in [5.74, 6) is -0.234. The fraction of sp³-hybridized carbons (Fsp3) is 0.419. The fourth-order valence-corrected chi connectivity index (χ4v) is 5.98. The lowest BCUT2D eigenvalue weighted by molar-refractivity contribution is -0.124. The van der Waals surface area contributed by atoms with Crippen LogP contribution in [0.25, 0.3) is 0 Å². The molecule has 0 unspecified atom stereocenters. The molecule has 5 rings (SSSR count). The van der Waals surface area contributed by atoms with Gasteiger partial charge in [-0.2, -0.15) is 10.5 Å². The van der Waals surface area contributed by atoms with Gasteiger partial charge in [-0.25, -0.2) is 0 Å². The number of carbonyl (C=O) groups excluding carboxylic acids is 1. The minimum Gasteiger partial charge on any atom is -0.369 e. The van der Waals surface area contributed by atoms with Crippen molar-refractivity contribution < 1.29 is 4.79 Å². The Labute approximate surface area is 267 Å². The Bertz CT molecular complexity index is 1340. The molecule has 2 fully saturated rings. The van der Waals surface area contributed by atoms with Crippen molar-refractivity contribution in [1.29, 1.82) is 10.5 Å². The van der Waals surface area contributed by atoms with Crippen LogP contribution in [0.4, 0.5) is 0 Å². The normalized spacial score (nSPS) is 16.8. The highest BCUT2D eigenvalue weighted by molar-refractivity contribution is 9.11. The van der Waals surface area contributed by atoms with Crippen LogP contribution in [0, 0.1) is 22.7 Å². The molecule has 0 spiro atoms. The van der Waals surface area contributed by atoms with Gasteiger partial charge in [-0.1, -0.05) is 38.5 Å². The van der Waals surface area contributed by atoms with E-state index in [1.165, 1.54) is 12.8 Å². The number of nitrogens with two attached hydrogens (primary N) is 1. The number of primary amides is 1. The summed E-state index contributed by atoms with van der Waals surface area (Å²) in [5.41, 5.74) is 7.30. The second-order valence-corrected chi connectivity index (χ2v) is 13.0. The van der Waals surface area contributed by atoms with Gasteiger partial charge in [0.05, 0.1) is 46.5 Å². The lowest BCUT2D eigenvalue weighted by atomic mass is 9.71. The van der Waals surface area contributed by atoms with E-state index in [-0.39, 0.29) is 11.3 Å². The van der Waals surface area contributed by atoms with Crippen molar-refractivity contribution in [2.75, 3.05) is 0 Å². The predicted molar refractivity (Wildman–Crippen MR) is 169 cm³/mol. The molecule has 0 radical (unpaired) electrons. The van der Waals surface area contributed by atoms with E-state index >= 15 is 0 Å². The number of nitriles is 2. The molecule has 214 valence electrons. The topological polar surface area (TPSA) is 129 Å². The molecule has 41 heavy (non-hydrogen) atoms. The monoisotopic (exact) mass is 742 g/mol. The number of pyridine rings is 3. The largest absolute Gasteiger partial charge is 0.369 e. The van der Waals surface area contributed by atoms with Crippen molar-refractivity contribution >= 4 is 53.7 Å². The summed E-state index contributed by atoms with van der Waals surface area (Å²) >= 11 is 9.96. The lowest BCUT2D eigenvalue weighted by Crippen LogP contribution is -2.43. The summed E-state index contributed by atoms with van der Waals surface area (Å²) in [6, 6.07) is 16.0. The Morgan fingerprint density at radius 1 is 0.732 bits per heavy atom. The number of hydrogen-bond donors (Lipinski definition) is 1. The van der Waals surface area contributed by atoms with Crippen molar-refractivity contribution in [3.8, 4) is 12.1 Å². The summed E-state index contributed by atoms with van der Waals surface area (Å²) in [6.07, 6.45) is 16.0. The van der Waals surface area contributed by atoms with E-state index in [1.54, 1.807) is 18.6 Å². The summed E-state index contributed by atoms with van der Waals surface area (Å²) in [7, 11) is 0. The van der Waals surface area contributed by atoms with Crippen LogP contribution in [0.2, 0.25) is 0 Å². The summed E-state index contributed by atoms with van der Waals surface area (Å²) in [4.78, 5) is 24.5. The standard InChI is InChI=1S/C12H15BrN2O.C12H13BrN2.C7H5BrN2/c13-9-4-5-10(15-8-9)12(11(14)16)6-2-1-3-7-12;13-10-4-5-11(15-8-10)12(9-14)6-2-1-3-7-12;8-6-1-2-7(3-4-9)10-5-6/h4-5,8H,1-3,6-7H2,(H2,14,16);4-5,8H,1-3,6-7H2;1-2,5H,3H2. The first-order valence-corrected chi connectivity index (χ1v) is 16.1. The Morgan fingerprint density at radius 3 is 1.63 bits per heavy atom. The van der Waals surface area contributed by atoms with Gasteiger partial charge in [0.1, 0.15) is 0 Å². The number of aromatic nitrogens is 3. The molecule has 1 amide bonds. The van der Waals surface area contributed by atoms with E-state index in [4.69, 9.17) is 11.0 Å². The van der Waals surface area contributed by atoms with Gasteiger partial charge in [0.15, 0.2) is 0 Å². The zero-order valence-corrected chi connectivity index (χ0v) is 27.6. The maximum Gasteiger partial charge on any atom is 0.229 e. The van der Waals surface area contributed by atoms with Crippen LogP contribution in [-0.4, -0.2) is 20.9 Å². The van der Waals surface area contributed by atoms with Crippen LogP contribution in [0.1, 0.15) is 81.3 Å². The molecule has 0 aliphatic heterocycles. The number of hydrogen-bond acceptors (Lipinski definition) is 6. The molecule has 2 aliphatic carbocycles. The number of carbonyl (C=O) groups is 1. The predicted octanol–water partition coefficient (Wildman–Crippen LogP) is 8.01. The summed E-state index contributed by atoms with van der Waals surface area (Å²) < 4.78 is 2.83. The first-order valence-electron chi connectivity index (χ1n) is 13.7. The molecule has 3 aromatic rings. The fourth-order valence-electron chi connectivity index (χ4n) is 5.27. The highest BCUT2D eigenvalue weighted by Gasteiger charge is 2.40. The van der Waals surface area contributed by atoms with Crippen LogP contribution < -0.4 is 5.73 Å². The Morgan fingerprint density at radius 2 is 1.22 bits per heavy atom. The molecule has 2 aliphatic rings. The van der Waals surface area contributed by atoms with Gasteiger partial charge in [-0.3, -0.25) is 19.7 Å². The van der Waals surface area contributed by atoms with Gasteiger partial charge in [-0.05, 0) is 110 Å². The van der Waals surface area contributed by atoms with Crippen molar-refractivity contribution in [1.82, 2.24) is 15.0 Å². The molecule has 0 bridgehead atoms. The zero-order valence-electron chi connectivity index (χ0n) is 22.8. The van der Waals surface area contributed by atoms with Crippen molar-refractivity contribution in [2.45, 2.75) is 81.5 Å². The molecule has 10 heteroatoms. The SMILES string of the molecule is N#CC1(c2ccc(Br)cn2)CCCCC1.N#CCc1ccc(Br)cn1.NC(=O)C1(c2ccc(Br)cn2)CCCCC1. The Hall–Kier alpha value is -2.66. The highest BCUT2D eigenvalue weighted by Crippen LogP contribution is 2.39. The van der Waals surface area contributed by atoms with E-state index in [9.17, 15) is 10.1 Å².